The lowest BCUT2D eigenvalue weighted by molar-refractivity contribution is -0.124. The molecule has 0 bridgehead atoms. The second-order valence-electron chi connectivity index (χ2n) is 5.99. The van der Waals surface area contributed by atoms with Crippen LogP contribution >= 0.6 is 0 Å². The average Bonchev–Trinajstić information content (AvgIpc) is 3.09. The van der Waals surface area contributed by atoms with Gasteiger partial charge in [0.2, 0.25) is 5.91 Å². The van der Waals surface area contributed by atoms with Gasteiger partial charge in [-0.25, -0.2) is 0 Å². The van der Waals surface area contributed by atoms with Crippen LogP contribution in [0.5, 0.6) is 0 Å². The van der Waals surface area contributed by atoms with E-state index in [-0.39, 0.29) is 11.8 Å². The fourth-order valence-corrected chi connectivity index (χ4v) is 3.38. The molecule has 1 saturated heterocycles. The molecule has 2 fully saturated rings. The molecular weight excluding hydrogens is 240 g/mol. The molecule has 1 unspecified atom stereocenters. The topological polar surface area (TPSA) is 52.6 Å². The smallest absolute Gasteiger partial charge is 0.223 e. The van der Waals surface area contributed by atoms with Gasteiger partial charge in [-0.3, -0.25) is 9.69 Å². The summed E-state index contributed by atoms with van der Waals surface area (Å²) < 4.78 is 0. The van der Waals surface area contributed by atoms with E-state index in [0.717, 1.165) is 51.7 Å². The summed E-state index contributed by atoms with van der Waals surface area (Å²) in [5.41, 5.74) is 0. The summed E-state index contributed by atoms with van der Waals surface area (Å²) in [6.07, 6.45) is 9.11. The highest BCUT2D eigenvalue weighted by Gasteiger charge is 2.23. The third kappa shape index (κ3) is 4.46. The van der Waals surface area contributed by atoms with Crippen molar-refractivity contribution >= 4 is 5.91 Å². The van der Waals surface area contributed by atoms with E-state index in [1.165, 1.54) is 19.3 Å². The summed E-state index contributed by atoms with van der Waals surface area (Å²) in [6, 6.07) is 0.382. The van der Waals surface area contributed by atoms with Crippen molar-refractivity contribution in [3.63, 3.8) is 0 Å². The Morgan fingerprint density at radius 1 is 1.16 bits per heavy atom. The number of nitrogens with one attached hydrogen (secondary N) is 1. The molecule has 0 spiro atoms. The van der Waals surface area contributed by atoms with Gasteiger partial charge >= 0.3 is 0 Å². The molecule has 1 amide bonds. The summed E-state index contributed by atoms with van der Waals surface area (Å²) in [4.78, 5) is 14.2. The van der Waals surface area contributed by atoms with Gasteiger partial charge in [0.1, 0.15) is 0 Å². The first-order valence-corrected chi connectivity index (χ1v) is 7.94. The molecule has 4 nitrogen and oxygen atoms in total. The molecule has 0 aromatic rings. The van der Waals surface area contributed by atoms with E-state index in [1.54, 1.807) is 0 Å². The lowest BCUT2D eigenvalue weighted by Gasteiger charge is -2.22. The quantitative estimate of drug-likeness (QED) is 0.689. The van der Waals surface area contributed by atoms with Gasteiger partial charge in [-0.15, -0.1) is 0 Å². The van der Waals surface area contributed by atoms with Gasteiger partial charge in [-0.2, -0.15) is 0 Å². The van der Waals surface area contributed by atoms with Crippen LogP contribution in [0.4, 0.5) is 0 Å². The zero-order chi connectivity index (χ0) is 13.5. The number of rotatable bonds is 7. The number of carbonyl (C=O) groups excluding carboxylic acids is 1. The predicted octanol–water partition coefficient (Wildman–Crippen LogP) is 1.53. The van der Waals surface area contributed by atoms with E-state index in [1.807, 2.05) is 0 Å². The number of aliphatic hydroxyl groups is 1. The summed E-state index contributed by atoms with van der Waals surface area (Å²) in [5, 5.41) is 12.3. The summed E-state index contributed by atoms with van der Waals surface area (Å²) in [7, 11) is 0. The largest absolute Gasteiger partial charge is 0.395 e. The Kier molecular flexibility index (Phi) is 6.11. The molecule has 2 aliphatic rings. The van der Waals surface area contributed by atoms with Crippen molar-refractivity contribution in [2.75, 3.05) is 26.2 Å². The minimum Gasteiger partial charge on any atom is -0.395 e. The van der Waals surface area contributed by atoms with Crippen molar-refractivity contribution in [3.05, 3.63) is 0 Å². The Morgan fingerprint density at radius 3 is 2.68 bits per heavy atom. The highest BCUT2D eigenvalue weighted by atomic mass is 16.3. The monoisotopic (exact) mass is 268 g/mol. The van der Waals surface area contributed by atoms with Crippen molar-refractivity contribution in [1.82, 2.24) is 10.2 Å². The molecule has 110 valence electrons. The SMILES string of the molecule is O=C(NCCCCN1CCCC1CO)C1CCCC1. The maximum Gasteiger partial charge on any atom is 0.223 e. The summed E-state index contributed by atoms with van der Waals surface area (Å²) in [5.74, 6) is 0.559. The van der Waals surface area contributed by atoms with Crippen molar-refractivity contribution < 1.29 is 9.90 Å². The molecule has 1 aliphatic carbocycles. The molecule has 19 heavy (non-hydrogen) atoms. The maximum atomic E-state index is 11.8. The van der Waals surface area contributed by atoms with Crippen LogP contribution in [0.3, 0.4) is 0 Å². The molecule has 1 aliphatic heterocycles. The number of hydrogen-bond donors (Lipinski definition) is 2. The van der Waals surface area contributed by atoms with E-state index < -0.39 is 0 Å². The molecule has 2 rings (SSSR count). The number of amides is 1. The van der Waals surface area contributed by atoms with Gasteiger partial charge in [0.25, 0.3) is 0 Å². The van der Waals surface area contributed by atoms with Crippen molar-refractivity contribution in [2.24, 2.45) is 5.92 Å². The molecule has 0 aromatic heterocycles. The molecule has 1 saturated carbocycles. The minimum absolute atomic E-state index is 0.270. The normalized spacial score (nSPS) is 25.0. The van der Waals surface area contributed by atoms with E-state index in [9.17, 15) is 9.90 Å². The van der Waals surface area contributed by atoms with Crippen LogP contribution in [-0.4, -0.2) is 48.2 Å². The van der Waals surface area contributed by atoms with E-state index in [2.05, 4.69) is 10.2 Å². The first kappa shape index (κ1) is 14.8. The Bertz CT molecular complexity index is 277. The molecule has 0 aromatic carbocycles. The fourth-order valence-electron chi connectivity index (χ4n) is 3.38. The number of aliphatic hydroxyl groups excluding tert-OH is 1. The fraction of sp³-hybridized carbons (Fsp3) is 0.933. The van der Waals surface area contributed by atoms with Crippen molar-refractivity contribution in [3.8, 4) is 0 Å². The van der Waals surface area contributed by atoms with E-state index in [0.29, 0.717) is 12.6 Å². The zero-order valence-electron chi connectivity index (χ0n) is 11.9. The van der Waals surface area contributed by atoms with Gasteiger partial charge in [0.05, 0.1) is 6.61 Å². The van der Waals surface area contributed by atoms with E-state index in [4.69, 9.17) is 0 Å². The first-order valence-electron chi connectivity index (χ1n) is 7.94. The standard InChI is InChI=1S/C15H28N2O2/c18-12-14-8-5-11-17(14)10-4-3-9-16-15(19)13-6-1-2-7-13/h13-14,18H,1-12H2,(H,16,19). The molecule has 2 N–H and O–H groups in total. The zero-order valence-corrected chi connectivity index (χ0v) is 11.9. The van der Waals surface area contributed by atoms with Gasteiger partial charge in [0.15, 0.2) is 0 Å². The van der Waals surface area contributed by atoms with Gasteiger partial charge in [0, 0.05) is 18.5 Å². The second-order valence-corrected chi connectivity index (χ2v) is 5.99. The molecule has 0 radical (unpaired) electrons. The number of carbonyl (C=O) groups is 1. The van der Waals surface area contributed by atoms with Gasteiger partial charge in [-0.05, 0) is 51.6 Å². The number of hydrogen-bond acceptors (Lipinski definition) is 3. The summed E-state index contributed by atoms with van der Waals surface area (Å²) >= 11 is 0. The Hall–Kier alpha value is -0.610. The van der Waals surface area contributed by atoms with Crippen molar-refractivity contribution in [1.29, 1.82) is 0 Å². The van der Waals surface area contributed by atoms with Gasteiger partial charge in [-0.1, -0.05) is 12.8 Å². The molecule has 1 atom stereocenters. The third-order valence-corrected chi connectivity index (χ3v) is 4.61. The molecular formula is C15H28N2O2. The highest BCUT2D eigenvalue weighted by Crippen LogP contribution is 2.24. The Labute approximate surface area is 116 Å². The molecule has 4 heteroatoms. The first-order chi connectivity index (χ1) is 9.31. The van der Waals surface area contributed by atoms with Crippen LogP contribution in [0.25, 0.3) is 0 Å². The van der Waals surface area contributed by atoms with Crippen LogP contribution in [-0.2, 0) is 4.79 Å². The second kappa shape index (κ2) is 7.85. The number of unbranched alkanes of at least 4 members (excludes halogenated alkanes) is 1. The maximum absolute atomic E-state index is 11.8. The van der Waals surface area contributed by atoms with E-state index >= 15 is 0 Å². The van der Waals surface area contributed by atoms with Crippen LogP contribution in [0.2, 0.25) is 0 Å². The van der Waals surface area contributed by atoms with Gasteiger partial charge < -0.3 is 10.4 Å². The number of nitrogens with zero attached hydrogens (tertiary/aromatic N) is 1. The predicted molar refractivity (Wildman–Crippen MR) is 75.9 cm³/mol. The molecule has 1 heterocycles. The number of likely N-dealkylation sites (tertiary alicyclic amines) is 1. The highest BCUT2D eigenvalue weighted by molar-refractivity contribution is 5.78. The lowest BCUT2D eigenvalue weighted by Crippen LogP contribution is -2.34. The van der Waals surface area contributed by atoms with Crippen molar-refractivity contribution in [2.45, 2.75) is 57.4 Å². The average molecular weight is 268 g/mol. The summed E-state index contributed by atoms with van der Waals surface area (Å²) in [6.45, 7) is 3.29. The van der Waals surface area contributed by atoms with Crippen LogP contribution < -0.4 is 5.32 Å². The Balaban J connectivity index is 1.51. The lowest BCUT2D eigenvalue weighted by atomic mass is 10.1. The van der Waals surface area contributed by atoms with Crippen LogP contribution in [0.15, 0.2) is 0 Å². The minimum atomic E-state index is 0.270. The van der Waals surface area contributed by atoms with Crippen LogP contribution in [0, 0.1) is 5.92 Å². The Morgan fingerprint density at radius 2 is 1.95 bits per heavy atom. The van der Waals surface area contributed by atoms with Crippen LogP contribution in [0.1, 0.15) is 51.4 Å². The third-order valence-electron chi connectivity index (χ3n) is 4.61.